The van der Waals surface area contributed by atoms with Crippen LogP contribution < -0.4 is 10.5 Å². The first-order valence-corrected chi connectivity index (χ1v) is 9.24. The Morgan fingerprint density at radius 3 is 2.81 bits per heavy atom. The molecule has 1 atom stereocenters. The first kappa shape index (κ1) is 17.7. The van der Waals surface area contributed by atoms with Gasteiger partial charge in [0.1, 0.15) is 5.82 Å². The van der Waals surface area contributed by atoms with E-state index in [0.717, 1.165) is 54.0 Å². The molecule has 0 amide bonds. The molecule has 3 heterocycles. The topological polar surface area (TPSA) is 55.6 Å². The Morgan fingerprint density at radius 2 is 2.04 bits per heavy atom. The molecule has 1 saturated heterocycles. The molecule has 0 bridgehead atoms. The second kappa shape index (κ2) is 6.82. The predicted molar refractivity (Wildman–Crippen MR) is 107 cm³/mol. The van der Waals surface area contributed by atoms with Gasteiger partial charge in [0.2, 0.25) is 5.71 Å². The zero-order valence-electron chi connectivity index (χ0n) is 16.0. The summed E-state index contributed by atoms with van der Waals surface area (Å²) in [4.78, 5) is 19.1. The van der Waals surface area contributed by atoms with E-state index in [1.54, 1.807) is 13.2 Å². The molecule has 140 valence electrons. The van der Waals surface area contributed by atoms with Crippen molar-refractivity contribution in [1.29, 1.82) is 0 Å². The molecule has 27 heavy (non-hydrogen) atoms. The summed E-state index contributed by atoms with van der Waals surface area (Å²) in [6.45, 7) is 6.79. The normalized spacial score (nSPS) is 19.7. The lowest BCUT2D eigenvalue weighted by Crippen LogP contribution is -2.28. The zero-order chi connectivity index (χ0) is 19.0. The molecule has 3 aromatic rings. The fourth-order valence-corrected chi connectivity index (χ4v) is 3.99. The molecule has 0 radical (unpaired) electrons. The predicted octanol–water partition coefficient (Wildman–Crippen LogP) is 4.03. The maximum atomic E-state index is 12.2. The first-order chi connectivity index (χ1) is 13.0. The van der Waals surface area contributed by atoms with Crippen molar-refractivity contribution in [1.82, 2.24) is 4.98 Å². The van der Waals surface area contributed by atoms with Crippen LogP contribution in [0.5, 0.6) is 0 Å². The molecule has 1 aliphatic rings. The highest BCUT2D eigenvalue weighted by Crippen LogP contribution is 2.34. The lowest BCUT2D eigenvalue weighted by atomic mass is 9.91. The lowest BCUT2D eigenvalue weighted by Gasteiger charge is -2.24. The molecule has 0 aliphatic carbocycles. The molecular weight excluding hydrogens is 340 g/mol. The molecule has 5 heteroatoms. The van der Waals surface area contributed by atoms with E-state index in [-0.39, 0.29) is 11.0 Å². The number of aromatic nitrogens is 1. The van der Waals surface area contributed by atoms with E-state index in [2.05, 4.69) is 16.8 Å². The monoisotopic (exact) mass is 364 g/mol. The van der Waals surface area contributed by atoms with E-state index < -0.39 is 0 Å². The van der Waals surface area contributed by atoms with E-state index in [1.807, 2.05) is 43.3 Å². The van der Waals surface area contributed by atoms with E-state index >= 15 is 0 Å². The first-order valence-electron chi connectivity index (χ1n) is 9.24. The Balaban J connectivity index is 1.76. The minimum Gasteiger partial charge on any atom is -0.404 e. The average Bonchev–Trinajstić information content (AvgIpc) is 3.03. The number of pyridine rings is 1. The van der Waals surface area contributed by atoms with Crippen molar-refractivity contribution >= 4 is 16.9 Å². The summed E-state index contributed by atoms with van der Waals surface area (Å²) < 4.78 is 10.8. The van der Waals surface area contributed by atoms with Gasteiger partial charge in [-0.05, 0) is 36.6 Å². The minimum atomic E-state index is -0.379. The van der Waals surface area contributed by atoms with Crippen molar-refractivity contribution in [3.8, 4) is 11.1 Å². The molecule has 0 saturated carbocycles. The number of methoxy groups -OCH3 is 1. The van der Waals surface area contributed by atoms with Crippen LogP contribution in [0.25, 0.3) is 22.2 Å². The van der Waals surface area contributed by atoms with Crippen LogP contribution in [0, 0.1) is 12.3 Å². The second-order valence-corrected chi connectivity index (χ2v) is 7.73. The fraction of sp³-hybridized carbons (Fsp3) is 0.364. The van der Waals surface area contributed by atoms with Crippen LogP contribution >= 0.6 is 0 Å². The molecule has 1 aliphatic heterocycles. The molecule has 5 nitrogen and oxygen atoms in total. The summed E-state index contributed by atoms with van der Waals surface area (Å²) in [5.74, 6) is 0.840. The largest absolute Gasteiger partial charge is 0.404 e. The Morgan fingerprint density at radius 1 is 1.22 bits per heavy atom. The molecule has 2 aromatic heterocycles. The Labute approximate surface area is 158 Å². The van der Waals surface area contributed by atoms with E-state index in [0.29, 0.717) is 5.71 Å². The Hall–Kier alpha value is -2.66. The van der Waals surface area contributed by atoms with E-state index in [1.165, 1.54) is 0 Å². The number of hydrogen-bond acceptors (Lipinski definition) is 5. The number of benzene rings is 1. The number of anilines is 1. The van der Waals surface area contributed by atoms with Gasteiger partial charge in [-0.25, -0.2) is 4.79 Å². The molecule has 1 unspecified atom stereocenters. The maximum absolute atomic E-state index is 12.2. The summed E-state index contributed by atoms with van der Waals surface area (Å²) in [5.41, 5.74) is 3.13. The SMILES string of the molecule is COCC1(C)CCN(c2ccc3c(-c4ccccc4C)cc(=O)oc3n2)C1. The van der Waals surface area contributed by atoms with Gasteiger partial charge in [-0.1, -0.05) is 31.2 Å². The number of hydrogen-bond donors (Lipinski definition) is 0. The number of aryl methyl sites for hydroxylation is 1. The highest BCUT2D eigenvalue weighted by molar-refractivity contribution is 5.92. The smallest absolute Gasteiger partial charge is 0.338 e. The van der Waals surface area contributed by atoms with Crippen molar-refractivity contribution in [3.63, 3.8) is 0 Å². The second-order valence-electron chi connectivity index (χ2n) is 7.73. The van der Waals surface area contributed by atoms with Gasteiger partial charge in [-0.2, -0.15) is 4.98 Å². The molecule has 1 aromatic carbocycles. The summed E-state index contributed by atoms with van der Waals surface area (Å²) in [6.07, 6.45) is 1.05. The average molecular weight is 364 g/mol. The third-order valence-electron chi connectivity index (χ3n) is 5.41. The van der Waals surface area contributed by atoms with Crippen LogP contribution in [0.15, 0.2) is 51.7 Å². The van der Waals surface area contributed by atoms with E-state index in [9.17, 15) is 4.79 Å². The highest BCUT2D eigenvalue weighted by atomic mass is 16.5. The third-order valence-corrected chi connectivity index (χ3v) is 5.41. The van der Waals surface area contributed by atoms with Crippen molar-refractivity contribution in [2.75, 3.05) is 31.7 Å². The molecule has 4 rings (SSSR count). The Bertz CT molecular complexity index is 1040. The van der Waals surface area contributed by atoms with Gasteiger partial charge in [0.15, 0.2) is 0 Å². The highest BCUT2D eigenvalue weighted by Gasteiger charge is 2.34. The van der Waals surface area contributed by atoms with Crippen LogP contribution in [-0.4, -0.2) is 31.8 Å². The maximum Gasteiger partial charge on any atom is 0.338 e. The zero-order valence-corrected chi connectivity index (χ0v) is 16.0. The van der Waals surface area contributed by atoms with Gasteiger partial charge in [0.05, 0.1) is 6.61 Å². The van der Waals surface area contributed by atoms with Gasteiger partial charge in [0, 0.05) is 42.6 Å². The van der Waals surface area contributed by atoms with Gasteiger partial charge < -0.3 is 14.1 Å². The number of rotatable bonds is 4. The van der Waals surface area contributed by atoms with Crippen LogP contribution in [0.1, 0.15) is 18.9 Å². The molecule has 0 spiro atoms. The number of nitrogens with zero attached hydrogens (tertiary/aromatic N) is 2. The molecular formula is C22H24N2O3. The van der Waals surface area contributed by atoms with Crippen LogP contribution in [0.3, 0.4) is 0 Å². The summed E-state index contributed by atoms with van der Waals surface area (Å²) in [6, 6.07) is 13.6. The quantitative estimate of drug-likeness (QED) is 0.700. The summed E-state index contributed by atoms with van der Waals surface area (Å²) >= 11 is 0. The summed E-state index contributed by atoms with van der Waals surface area (Å²) in [5, 5.41) is 0.853. The number of ether oxygens (including phenoxy) is 1. The van der Waals surface area contributed by atoms with Gasteiger partial charge in [-0.15, -0.1) is 0 Å². The van der Waals surface area contributed by atoms with Crippen molar-refractivity contribution in [3.05, 3.63) is 58.4 Å². The van der Waals surface area contributed by atoms with Crippen molar-refractivity contribution in [2.45, 2.75) is 20.3 Å². The van der Waals surface area contributed by atoms with Crippen LogP contribution in [-0.2, 0) is 4.74 Å². The van der Waals surface area contributed by atoms with Crippen molar-refractivity contribution < 1.29 is 9.15 Å². The summed E-state index contributed by atoms with van der Waals surface area (Å²) in [7, 11) is 1.74. The van der Waals surface area contributed by atoms with Crippen LogP contribution in [0.4, 0.5) is 5.82 Å². The Kier molecular flexibility index (Phi) is 4.48. The van der Waals surface area contributed by atoms with E-state index in [4.69, 9.17) is 9.15 Å². The van der Waals surface area contributed by atoms with Gasteiger partial charge in [0.25, 0.3) is 0 Å². The van der Waals surface area contributed by atoms with Crippen LogP contribution in [0.2, 0.25) is 0 Å². The minimum absolute atomic E-state index is 0.120. The van der Waals surface area contributed by atoms with Gasteiger partial charge in [-0.3, -0.25) is 0 Å². The lowest BCUT2D eigenvalue weighted by molar-refractivity contribution is 0.106. The standard InChI is InChI=1S/C22H24N2O3/c1-15-6-4-5-7-16(15)18-12-20(25)27-21-17(18)8-9-19(23-21)24-11-10-22(2,13-24)14-26-3/h4-9,12H,10-11,13-14H2,1-3H3. The molecule has 1 fully saturated rings. The number of fused-ring (bicyclic) bond motifs is 1. The third kappa shape index (κ3) is 3.35. The molecule has 0 N–H and O–H groups in total. The fourth-order valence-electron chi connectivity index (χ4n) is 3.99. The van der Waals surface area contributed by atoms with Crippen molar-refractivity contribution in [2.24, 2.45) is 5.41 Å². The van der Waals surface area contributed by atoms with Gasteiger partial charge >= 0.3 is 5.63 Å².